The van der Waals surface area contributed by atoms with E-state index in [9.17, 15) is 0 Å². The van der Waals surface area contributed by atoms with Crippen LogP contribution in [0.2, 0.25) is 5.15 Å². The quantitative estimate of drug-likeness (QED) is 0.290. The highest BCUT2D eigenvalue weighted by molar-refractivity contribution is 14.0. The minimum Gasteiger partial charge on any atom is -0.357 e. The lowest BCUT2D eigenvalue weighted by molar-refractivity contribution is 0.792. The molecule has 2 N–H and O–H groups in total. The summed E-state index contributed by atoms with van der Waals surface area (Å²) in [5.41, 5.74) is 2.55. The summed E-state index contributed by atoms with van der Waals surface area (Å²) in [6.07, 6.45) is 3.83. The first kappa shape index (κ1) is 20.0. The highest BCUT2D eigenvalue weighted by Crippen LogP contribution is 2.40. The van der Waals surface area contributed by atoms with Crippen LogP contribution in [0.15, 0.2) is 53.7 Å². The molecule has 0 bridgehead atoms. The molecule has 0 amide bonds. The first-order valence-corrected chi connectivity index (χ1v) is 8.84. The summed E-state index contributed by atoms with van der Waals surface area (Å²) in [6.45, 7) is 3.67. The second kappa shape index (κ2) is 9.97. The molecule has 0 aliphatic heterocycles. The zero-order chi connectivity index (χ0) is 16.8. The van der Waals surface area contributed by atoms with E-state index >= 15 is 0 Å². The molecule has 2 aromatic rings. The van der Waals surface area contributed by atoms with Crippen LogP contribution in [0.1, 0.15) is 30.4 Å². The standard InChI is InChI=1S/C19H23ClN4.HI/c1-2-21-19(22-11-10-14-8-9-18(20)23-13-14)24-17-12-16(17)15-6-4-3-5-7-15;/h3-9,13,16-17H,2,10-12H2,1H3,(H2,21,22,24);1H. The van der Waals surface area contributed by atoms with Crippen LogP contribution in [-0.2, 0) is 6.42 Å². The minimum absolute atomic E-state index is 0. The van der Waals surface area contributed by atoms with Gasteiger partial charge in [0.05, 0.1) is 0 Å². The van der Waals surface area contributed by atoms with Crippen LogP contribution >= 0.6 is 35.6 Å². The Morgan fingerprint density at radius 2 is 2.04 bits per heavy atom. The van der Waals surface area contributed by atoms with Crippen LogP contribution < -0.4 is 10.6 Å². The number of benzene rings is 1. The van der Waals surface area contributed by atoms with Crippen molar-refractivity contribution in [2.24, 2.45) is 4.99 Å². The van der Waals surface area contributed by atoms with Crippen molar-refractivity contribution in [1.82, 2.24) is 15.6 Å². The van der Waals surface area contributed by atoms with Crippen LogP contribution in [0.3, 0.4) is 0 Å². The van der Waals surface area contributed by atoms with E-state index in [1.807, 2.05) is 18.3 Å². The van der Waals surface area contributed by atoms with Gasteiger partial charge in [-0.2, -0.15) is 0 Å². The predicted octanol–water partition coefficient (Wildman–Crippen LogP) is 4.01. The number of halogens is 2. The number of guanidine groups is 1. The van der Waals surface area contributed by atoms with Crippen LogP contribution in [0, 0.1) is 0 Å². The Morgan fingerprint density at radius 3 is 2.72 bits per heavy atom. The Hall–Kier alpha value is -1.34. The van der Waals surface area contributed by atoms with E-state index < -0.39 is 0 Å². The molecule has 1 aromatic heterocycles. The van der Waals surface area contributed by atoms with Crippen molar-refractivity contribution >= 4 is 41.5 Å². The van der Waals surface area contributed by atoms with Gasteiger partial charge >= 0.3 is 0 Å². The number of aromatic nitrogens is 1. The minimum atomic E-state index is 0. The lowest BCUT2D eigenvalue weighted by Gasteiger charge is -2.11. The zero-order valence-corrected chi connectivity index (χ0v) is 17.4. The number of aliphatic imine (C=N–C) groups is 1. The van der Waals surface area contributed by atoms with Gasteiger partial charge < -0.3 is 10.6 Å². The van der Waals surface area contributed by atoms with Crippen molar-refractivity contribution in [3.63, 3.8) is 0 Å². The Kier molecular flexibility index (Phi) is 7.96. The molecule has 0 spiro atoms. The van der Waals surface area contributed by atoms with Crippen LogP contribution in [0.25, 0.3) is 0 Å². The molecular formula is C19H24ClIN4. The Morgan fingerprint density at radius 1 is 1.24 bits per heavy atom. The molecule has 4 nitrogen and oxygen atoms in total. The molecule has 2 atom stereocenters. The number of hydrogen-bond acceptors (Lipinski definition) is 2. The third kappa shape index (κ3) is 6.15. The highest BCUT2D eigenvalue weighted by Gasteiger charge is 2.38. The molecule has 2 unspecified atom stereocenters. The Labute approximate surface area is 171 Å². The smallest absolute Gasteiger partial charge is 0.191 e. The van der Waals surface area contributed by atoms with E-state index in [0.717, 1.165) is 37.5 Å². The number of rotatable bonds is 6. The van der Waals surface area contributed by atoms with Crippen LogP contribution in [0.4, 0.5) is 0 Å². The van der Waals surface area contributed by atoms with E-state index in [4.69, 9.17) is 11.6 Å². The van der Waals surface area contributed by atoms with Gasteiger partial charge in [0, 0.05) is 31.2 Å². The fourth-order valence-corrected chi connectivity index (χ4v) is 2.88. The van der Waals surface area contributed by atoms with Gasteiger partial charge in [-0.25, -0.2) is 4.98 Å². The molecule has 1 aliphatic rings. The monoisotopic (exact) mass is 470 g/mol. The molecule has 0 radical (unpaired) electrons. The molecule has 1 heterocycles. The SMILES string of the molecule is CCNC(=NCCc1ccc(Cl)nc1)NC1CC1c1ccccc1.I. The first-order valence-electron chi connectivity index (χ1n) is 8.46. The summed E-state index contributed by atoms with van der Waals surface area (Å²) in [6, 6.07) is 15.0. The summed E-state index contributed by atoms with van der Waals surface area (Å²) in [4.78, 5) is 8.77. The second-order valence-electron chi connectivity index (χ2n) is 6.00. The van der Waals surface area contributed by atoms with Gasteiger partial charge in [0.2, 0.25) is 0 Å². The fourth-order valence-electron chi connectivity index (χ4n) is 2.77. The largest absolute Gasteiger partial charge is 0.357 e. The first-order chi connectivity index (χ1) is 11.8. The molecule has 1 aliphatic carbocycles. The molecule has 6 heteroatoms. The zero-order valence-electron chi connectivity index (χ0n) is 14.3. The highest BCUT2D eigenvalue weighted by atomic mass is 127. The summed E-state index contributed by atoms with van der Waals surface area (Å²) in [7, 11) is 0. The third-order valence-corrected chi connectivity index (χ3v) is 4.37. The van der Waals surface area contributed by atoms with Gasteiger partial charge in [-0.05, 0) is 37.0 Å². The van der Waals surface area contributed by atoms with Crippen molar-refractivity contribution in [2.75, 3.05) is 13.1 Å². The lowest BCUT2D eigenvalue weighted by Crippen LogP contribution is -2.39. The molecule has 3 rings (SSSR count). The molecule has 25 heavy (non-hydrogen) atoms. The number of nitrogens with one attached hydrogen (secondary N) is 2. The third-order valence-electron chi connectivity index (χ3n) is 4.14. The fraction of sp³-hybridized carbons (Fsp3) is 0.368. The van der Waals surface area contributed by atoms with Crippen LogP contribution in [0.5, 0.6) is 0 Å². The number of nitrogens with zero attached hydrogens (tertiary/aromatic N) is 2. The van der Waals surface area contributed by atoms with Crippen molar-refractivity contribution in [3.05, 3.63) is 64.9 Å². The van der Waals surface area contributed by atoms with Gasteiger partial charge in [0.1, 0.15) is 5.15 Å². The van der Waals surface area contributed by atoms with Crippen LogP contribution in [-0.4, -0.2) is 30.1 Å². The van der Waals surface area contributed by atoms with Crippen molar-refractivity contribution < 1.29 is 0 Å². The average molecular weight is 471 g/mol. The van der Waals surface area contributed by atoms with Gasteiger partial charge in [-0.15, -0.1) is 24.0 Å². The maximum absolute atomic E-state index is 5.81. The Balaban J connectivity index is 0.00000225. The maximum Gasteiger partial charge on any atom is 0.191 e. The normalized spacial score (nSPS) is 19.0. The average Bonchev–Trinajstić information content (AvgIpc) is 3.37. The van der Waals surface area contributed by atoms with E-state index in [1.165, 1.54) is 5.56 Å². The second-order valence-corrected chi connectivity index (χ2v) is 6.39. The van der Waals surface area contributed by atoms with E-state index in [0.29, 0.717) is 17.1 Å². The maximum atomic E-state index is 5.81. The number of hydrogen-bond donors (Lipinski definition) is 2. The van der Waals surface area contributed by atoms with Gasteiger partial charge in [0.15, 0.2) is 5.96 Å². The summed E-state index contributed by atoms with van der Waals surface area (Å²) in [5, 5.41) is 7.39. The Bertz CT molecular complexity index is 676. The van der Waals surface area contributed by atoms with Crippen molar-refractivity contribution in [3.8, 4) is 0 Å². The molecule has 1 saturated carbocycles. The van der Waals surface area contributed by atoms with Crippen molar-refractivity contribution in [1.29, 1.82) is 0 Å². The van der Waals surface area contributed by atoms with Gasteiger partial charge in [0.25, 0.3) is 0 Å². The van der Waals surface area contributed by atoms with Crippen molar-refractivity contribution in [2.45, 2.75) is 31.7 Å². The topological polar surface area (TPSA) is 49.3 Å². The molecular weight excluding hydrogens is 447 g/mol. The van der Waals surface area contributed by atoms with E-state index in [-0.39, 0.29) is 24.0 Å². The summed E-state index contributed by atoms with van der Waals surface area (Å²) >= 11 is 5.81. The molecule has 134 valence electrons. The van der Waals surface area contributed by atoms with Gasteiger partial charge in [-0.1, -0.05) is 48.0 Å². The summed E-state index contributed by atoms with van der Waals surface area (Å²) in [5.74, 6) is 1.48. The summed E-state index contributed by atoms with van der Waals surface area (Å²) < 4.78 is 0. The van der Waals surface area contributed by atoms with E-state index in [2.05, 4.69) is 57.9 Å². The molecule has 0 saturated heterocycles. The molecule has 1 aromatic carbocycles. The predicted molar refractivity (Wildman–Crippen MR) is 115 cm³/mol. The van der Waals surface area contributed by atoms with Gasteiger partial charge in [-0.3, -0.25) is 4.99 Å². The van der Waals surface area contributed by atoms with E-state index in [1.54, 1.807) is 0 Å². The number of pyridine rings is 1. The molecule has 1 fully saturated rings. The lowest BCUT2D eigenvalue weighted by atomic mass is 10.1.